The lowest BCUT2D eigenvalue weighted by molar-refractivity contribution is -0.384. The molecule has 1 heterocycles. The highest BCUT2D eigenvalue weighted by Gasteiger charge is 2.33. The molecule has 0 unspecified atom stereocenters. The summed E-state index contributed by atoms with van der Waals surface area (Å²) in [5.74, 6) is 0.301. The van der Waals surface area contributed by atoms with Gasteiger partial charge < -0.3 is 5.32 Å². The van der Waals surface area contributed by atoms with Crippen LogP contribution in [-0.4, -0.2) is 27.5 Å². The first-order chi connectivity index (χ1) is 9.06. The molecule has 0 aromatic carbocycles. The minimum Gasteiger partial charge on any atom is -0.363 e. The molecule has 19 heavy (non-hydrogen) atoms. The lowest BCUT2D eigenvalue weighted by atomic mass is 10.1. The third-order valence-electron chi connectivity index (χ3n) is 3.56. The molecule has 0 radical (unpaired) electrons. The molecule has 0 spiro atoms. The van der Waals surface area contributed by atoms with Crippen LogP contribution in [0.15, 0.2) is 12.3 Å². The molecule has 1 aromatic rings. The van der Waals surface area contributed by atoms with Crippen LogP contribution in [0.25, 0.3) is 0 Å². The molecule has 5 nitrogen and oxygen atoms in total. The van der Waals surface area contributed by atoms with Gasteiger partial charge in [-0.2, -0.15) is 11.8 Å². The molecule has 1 N–H and O–H groups in total. The van der Waals surface area contributed by atoms with Gasteiger partial charge in [0.25, 0.3) is 0 Å². The monoisotopic (exact) mass is 301 g/mol. The van der Waals surface area contributed by atoms with Gasteiger partial charge in [0.05, 0.1) is 9.95 Å². The molecule has 2 rings (SSSR count). The zero-order valence-electron chi connectivity index (χ0n) is 10.7. The number of aromatic nitrogens is 1. The lowest BCUT2D eigenvalue weighted by Gasteiger charge is -2.27. The fourth-order valence-electron chi connectivity index (χ4n) is 2.42. The van der Waals surface area contributed by atoms with Crippen LogP contribution in [0.5, 0.6) is 0 Å². The van der Waals surface area contributed by atoms with E-state index in [-0.39, 0.29) is 15.5 Å². The van der Waals surface area contributed by atoms with Crippen molar-refractivity contribution >= 4 is 34.9 Å². The predicted molar refractivity (Wildman–Crippen MR) is 79.1 cm³/mol. The molecule has 7 heteroatoms. The summed E-state index contributed by atoms with van der Waals surface area (Å²) in [5, 5.41) is 14.4. The van der Waals surface area contributed by atoms with Crippen molar-refractivity contribution in [1.82, 2.24) is 4.98 Å². The van der Waals surface area contributed by atoms with Gasteiger partial charge in [0.15, 0.2) is 0 Å². The number of nitrogens with one attached hydrogen (secondary N) is 1. The van der Waals surface area contributed by atoms with Gasteiger partial charge >= 0.3 is 5.69 Å². The summed E-state index contributed by atoms with van der Waals surface area (Å²) in [6.07, 6.45) is 8.25. The Bertz CT molecular complexity index is 478. The smallest absolute Gasteiger partial charge is 0.312 e. The van der Waals surface area contributed by atoms with Crippen LogP contribution in [0.4, 0.5) is 11.5 Å². The highest BCUT2D eigenvalue weighted by Crippen LogP contribution is 2.40. The van der Waals surface area contributed by atoms with Gasteiger partial charge in [0, 0.05) is 23.6 Å². The first kappa shape index (κ1) is 14.4. The van der Waals surface area contributed by atoms with Gasteiger partial charge in [-0.1, -0.05) is 24.4 Å². The number of nitro groups is 1. The number of anilines is 1. The molecule has 1 aromatic heterocycles. The topological polar surface area (TPSA) is 68.1 Å². The van der Waals surface area contributed by atoms with Crippen molar-refractivity contribution in [2.24, 2.45) is 0 Å². The Labute approximate surface area is 121 Å². The first-order valence-electron chi connectivity index (χ1n) is 6.15. The van der Waals surface area contributed by atoms with Crippen molar-refractivity contribution in [3.05, 3.63) is 27.4 Å². The number of hydrogen-bond acceptors (Lipinski definition) is 5. The van der Waals surface area contributed by atoms with Gasteiger partial charge in [-0.15, -0.1) is 0 Å². The first-order valence-corrected chi connectivity index (χ1v) is 7.75. The minimum absolute atomic E-state index is 0.0678. The Morgan fingerprint density at radius 2 is 2.26 bits per heavy atom. The quantitative estimate of drug-likeness (QED) is 0.663. The van der Waals surface area contributed by atoms with Gasteiger partial charge in [-0.25, -0.2) is 4.98 Å². The van der Waals surface area contributed by atoms with E-state index in [9.17, 15) is 10.1 Å². The van der Waals surface area contributed by atoms with Crippen LogP contribution in [-0.2, 0) is 0 Å². The molecular formula is C12H16ClN3O2S. The molecule has 0 saturated heterocycles. The molecule has 1 saturated carbocycles. The molecule has 1 aliphatic rings. The number of pyridine rings is 1. The summed E-state index contributed by atoms with van der Waals surface area (Å²) in [6.45, 7) is 0.698. The maximum Gasteiger partial charge on any atom is 0.312 e. The summed E-state index contributed by atoms with van der Waals surface area (Å²) in [5.41, 5.74) is -0.0678. The summed E-state index contributed by atoms with van der Waals surface area (Å²) in [7, 11) is 0. The highest BCUT2D eigenvalue weighted by molar-refractivity contribution is 8.00. The number of halogens is 1. The Kier molecular flexibility index (Phi) is 4.52. The summed E-state index contributed by atoms with van der Waals surface area (Å²) in [4.78, 5) is 14.6. The van der Waals surface area contributed by atoms with E-state index in [0.717, 1.165) is 12.8 Å². The summed E-state index contributed by atoms with van der Waals surface area (Å²) >= 11 is 7.57. The van der Waals surface area contributed by atoms with E-state index in [1.807, 2.05) is 11.8 Å². The summed E-state index contributed by atoms with van der Waals surface area (Å²) < 4.78 is 0.176. The van der Waals surface area contributed by atoms with Gasteiger partial charge in [0.1, 0.15) is 0 Å². The molecule has 0 atom stereocenters. The van der Waals surface area contributed by atoms with E-state index in [1.54, 1.807) is 0 Å². The maximum atomic E-state index is 11.0. The highest BCUT2D eigenvalue weighted by atomic mass is 35.5. The van der Waals surface area contributed by atoms with Crippen LogP contribution < -0.4 is 5.32 Å². The number of rotatable bonds is 5. The molecular weight excluding hydrogens is 286 g/mol. The largest absolute Gasteiger partial charge is 0.363 e. The number of nitrogens with zero attached hydrogens (tertiary/aromatic N) is 2. The van der Waals surface area contributed by atoms with E-state index in [2.05, 4.69) is 16.6 Å². The average molecular weight is 302 g/mol. The van der Waals surface area contributed by atoms with E-state index in [4.69, 9.17) is 11.6 Å². The molecule has 0 bridgehead atoms. The fraction of sp³-hybridized carbons (Fsp3) is 0.583. The average Bonchev–Trinajstić information content (AvgIpc) is 2.86. The van der Waals surface area contributed by atoms with Crippen molar-refractivity contribution in [2.45, 2.75) is 30.4 Å². The SMILES string of the molecule is CSC1(CNc2ncc(Cl)cc2[N+](=O)[O-])CCCC1. The molecule has 104 valence electrons. The molecule has 1 aliphatic carbocycles. The maximum absolute atomic E-state index is 11.0. The molecule has 1 fully saturated rings. The van der Waals surface area contributed by atoms with Crippen molar-refractivity contribution < 1.29 is 4.92 Å². The molecule has 0 aliphatic heterocycles. The van der Waals surface area contributed by atoms with Crippen LogP contribution in [0.2, 0.25) is 5.02 Å². The Morgan fingerprint density at radius 3 is 2.84 bits per heavy atom. The van der Waals surface area contributed by atoms with Crippen LogP contribution >= 0.6 is 23.4 Å². The fourth-order valence-corrected chi connectivity index (χ4v) is 3.49. The van der Waals surface area contributed by atoms with E-state index in [1.165, 1.54) is 25.1 Å². The Morgan fingerprint density at radius 1 is 1.58 bits per heavy atom. The normalized spacial score (nSPS) is 17.4. The number of thioether (sulfide) groups is 1. The van der Waals surface area contributed by atoms with E-state index >= 15 is 0 Å². The van der Waals surface area contributed by atoms with Gasteiger partial charge in [-0.3, -0.25) is 10.1 Å². The standard InChI is InChI=1S/C12H16ClN3O2S/c1-19-12(4-2-3-5-12)8-15-11-10(16(17)18)6-9(13)7-14-11/h6-7H,2-5,8H2,1H3,(H,14,15). The van der Waals surface area contributed by atoms with Crippen molar-refractivity contribution in [3.8, 4) is 0 Å². The van der Waals surface area contributed by atoms with E-state index < -0.39 is 4.92 Å². The molecule has 0 amide bonds. The van der Waals surface area contributed by atoms with E-state index in [0.29, 0.717) is 12.4 Å². The third-order valence-corrected chi connectivity index (χ3v) is 5.18. The second kappa shape index (κ2) is 5.96. The zero-order chi connectivity index (χ0) is 13.9. The van der Waals surface area contributed by atoms with Crippen LogP contribution in [0.1, 0.15) is 25.7 Å². The second-order valence-corrected chi connectivity index (χ2v) is 6.44. The zero-order valence-corrected chi connectivity index (χ0v) is 12.3. The van der Waals surface area contributed by atoms with Crippen molar-refractivity contribution in [1.29, 1.82) is 0 Å². The van der Waals surface area contributed by atoms with Crippen LogP contribution in [0, 0.1) is 10.1 Å². The summed E-state index contributed by atoms with van der Waals surface area (Å²) in [6, 6.07) is 1.33. The Balaban J connectivity index is 2.13. The van der Waals surface area contributed by atoms with Crippen molar-refractivity contribution in [3.63, 3.8) is 0 Å². The van der Waals surface area contributed by atoms with Crippen LogP contribution in [0.3, 0.4) is 0 Å². The van der Waals surface area contributed by atoms with Gasteiger partial charge in [0.2, 0.25) is 5.82 Å². The Hall–Kier alpha value is -1.01. The minimum atomic E-state index is -0.457. The predicted octanol–water partition coefficient (Wildman–Crippen LogP) is 3.73. The lowest BCUT2D eigenvalue weighted by Crippen LogP contribution is -2.30. The third kappa shape index (κ3) is 3.30. The van der Waals surface area contributed by atoms with Crippen molar-refractivity contribution in [2.75, 3.05) is 18.1 Å². The van der Waals surface area contributed by atoms with Gasteiger partial charge in [-0.05, 0) is 19.1 Å². The second-order valence-electron chi connectivity index (χ2n) is 4.73. The number of hydrogen-bond donors (Lipinski definition) is 1.